The maximum Gasteiger partial charge on any atom is 0.248 e. The second-order valence-corrected chi connectivity index (χ2v) is 7.11. The van der Waals surface area contributed by atoms with Gasteiger partial charge in [-0.2, -0.15) is 0 Å². The summed E-state index contributed by atoms with van der Waals surface area (Å²) >= 11 is 1.44. The van der Waals surface area contributed by atoms with Gasteiger partial charge in [0.1, 0.15) is 6.04 Å². The third-order valence-corrected chi connectivity index (χ3v) is 5.50. The fourth-order valence-corrected chi connectivity index (χ4v) is 3.84. The number of nitrogens with one attached hydrogen (secondary N) is 1. The maximum atomic E-state index is 12.4. The average molecular weight is 365 g/mol. The average Bonchev–Trinajstić information content (AvgIpc) is 3.37. The van der Waals surface area contributed by atoms with Gasteiger partial charge in [-0.25, -0.2) is 9.97 Å². The molecule has 7 heteroatoms. The van der Waals surface area contributed by atoms with Gasteiger partial charge in [0.2, 0.25) is 5.91 Å². The molecule has 0 fully saturated rings. The Balaban J connectivity index is 1.63. The van der Waals surface area contributed by atoms with Crippen LogP contribution >= 0.6 is 11.3 Å². The van der Waals surface area contributed by atoms with Crippen LogP contribution in [0.2, 0.25) is 0 Å². The van der Waals surface area contributed by atoms with Crippen molar-refractivity contribution in [2.45, 2.75) is 19.9 Å². The molecule has 26 heavy (non-hydrogen) atoms. The molecule has 3 aromatic heterocycles. The first-order valence-corrected chi connectivity index (χ1v) is 9.22. The minimum absolute atomic E-state index is 0.112. The van der Waals surface area contributed by atoms with Crippen molar-refractivity contribution < 1.29 is 4.79 Å². The van der Waals surface area contributed by atoms with Gasteiger partial charge in [0.25, 0.3) is 0 Å². The second kappa shape index (κ2) is 6.42. The predicted molar refractivity (Wildman–Crippen MR) is 104 cm³/mol. The molecule has 1 aromatic carbocycles. The number of thiazole rings is 1. The van der Waals surface area contributed by atoms with Crippen molar-refractivity contribution in [1.29, 1.82) is 0 Å². The van der Waals surface area contributed by atoms with Crippen LogP contribution in [0.25, 0.3) is 22.2 Å². The summed E-state index contributed by atoms with van der Waals surface area (Å²) in [4.78, 5) is 21.1. The molecule has 1 N–H and O–H groups in total. The van der Waals surface area contributed by atoms with Gasteiger partial charge in [0.15, 0.2) is 5.13 Å². The lowest BCUT2D eigenvalue weighted by molar-refractivity contribution is -0.118. The van der Waals surface area contributed by atoms with Gasteiger partial charge in [-0.1, -0.05) is 18.2 Å². The monoisotopic (exact) mass is 365 g/mol. The third-order valence-electron chi connectivity index (χ3n) is 4.74. The summed E-state index contributed by atoms with van der Waals surface area (Å²) in [5.74, 6) is -0.112. The van der Waals surface area contributed by atoms with Gasteiger partial charge < -0.3 is 14.5 Å². The third kappa shape index (κ3) is 2.70. The lowest BCUT2D eigenvalue weighted by Crippen LogP contribution is -2.22. The molecular formula is C19H19N5OS. The van der Waals surface area contributed by atoms with E-state index in [9.17, 15) is 4.79 Å². The van der Waals surface area contributed by atoms with Crippen LogP contribution in [0.15, 0.2) is 48.4 Å². The van der Waals surface area contributed by atoms with Crippen molar-refractivity contribution >= 4 is 33.3 Å². The number of aryl methyl sites for hydroxylation is 1. The molecule has 0 aliphatic rings. The molecule has 0 saturated heterocycles. The molecule has 0 spiro atoms. The zero-order valence-electron chi connectivity index (χ0n) is 14.8. The summed E-state index contributed by atoms with van der Waals surface area (Å²) in [6, 6.07) is 7.94. The molecule has 6 nitrogen and oxygen atoms in total. The molecule has 1 atom stereocenters. The highest BCUT2D eigenvalue weighted by atomic mass is 32.1. The quantitative estimate of drug-likeness (QED) is 0.594. The highest BCUT2D eigenvalue weighted by molar-refractivity contribution is 7.14. The molecule has 0 unspecified atom stereocenters. The molecule has 4 aromatic rings. The van der Waals surface area contributed by atoms with Crippen LogP contribution in [0.3, 0.4) is 0 Å². The first kappa shape index (κ1) is 16.5. The van der Waals surface area contributed by atoms with Crippen LogP contribution in [-0.2, 0) is 11.8 Å². The van der Waals surface area contributed by atoms with Gasteiger partial charge >= 0.3 is 0 Å². The van der Waals surface area contributed by atoms with Crippen molar-refractivity contribution in [3.8, 4) is 11.3 Å². The zero-order valence-corrected chi connectivity index (χ0v) is 15.6. The Morgan fingerprint density at radius 1 is 1.31 bits per heavy atom. The molecule has 0 aliphatic heterocycles. The summed E-state index contributed by atoms with van der Waals surface area (Å²) < 4.78 is 3.93. The number of hydrogen-bond acceptors (Lipinski definition) is 4. The van der Waals surface area contributed by atoms with Gasteiger partial charge in [-0.05, 0) is 19.9 Å². The molecule has 1 amide bonds. The van der Waals surface area contributed by atoms with Gasteiger partial charge in [0, 0.05) is 47.0 Å². The molecule has 3 heterocycles. The number of fused-ring (bicyclic) bond motifs is 1. The highest BCUT2D eigenvalue weighted by Gasteiger charge is 2.19. The zero-order chi connectivity index (χ0) is 18.3. The number of nitrogens with zero attached hydrogens (tertiary/aromatic N) is 4. The van der Waals surface area contributed by atoms with Crippen molar-refractivity contribution in [1.82, 2.24) is 19.1 Å². The molecule has 0 radical (unpaired) electrons. The van der Waals surface area contributed by atoms with Crippen LogP contribution in [0.5, 0.6) is 0 Å². The van der Waals surface area contributed by atoms with E-state index >= 15 is 0 Å². The first-order chi connectivity index (χ1) is 12.6. The summed E-state index contributed by atoms with van der Waals surface area (Å²) in [5, 5.41) is 6.67. The van der Waals surface area contributed by atoms with Crippen molar-refractivity contribution in [3.63, 3.8) is 0 Å². The Morgan fingerprint density at radius 3 is 2.88 bits per heavy atom. The minimum Gasteiger partial charge on any atom is -0.347 e. The number of imidazole rings is 1. The van der Waals surface area contributed by atoms with E-state index in [4.69, 9.17) is 0 Å². The van der Waals surface area contributed by atoms with Crippen LogP contribution in [-0.4, -0.2) is 25.0 Å². The largest absolute Gasteiger partial charge is 0.347 e. The van der Waals surface area contributed by atoms with Gasteiger partial charge in [-0.3, -0.25) is 4.79 Å². The fourth-order valence-electron chi connectivity index (χ4n) is 3.13. The lowest BCUT2D eigenvalue weighted by atomic mass is 10.1. The van der Waals surface area contributed by atoms with Crippen LogP contribution < -0.4 is 5.32 Å². The van der Waals surface area contributed by atoms with E-state index in [1.807, 2.05) is 24.4 Å². The predicted octanol–water partition coefficient (Wildman–Crippen LogP) is 4.01. The highest BCUT2D eigenvalue weighted by Crippen LogP contribution is 2.35. The molecule has 0 bridgehead atoms. The van der Waals surface area contributed by atoms with E-state index in [2.05, 4.69) is 46.0 Å². The van der Waals surface area contributed by atoms with Crippen LogP contribution in [0, 0.1) is 6.92 Å². The topological polar surface area (TPSA) is 64.7 Å². The molecular weight excluding hydrogens is 346 g/mol. The Bertz CT molecular complexity index is 1080. The number of para-hydroxylation sites is 1. The number of rotatable bonds is 4. The second-order valence-electron chi connectivity index (χ2n) is 6.25. The molecule has 0 aliphatic carbocycles. The van der Waals surface area contributed by atoms with E-state index in [0.29, 0.717) is 5.13 Å². The summed E-state index contributed by atoms with van der Waals surface area (Å²) in [6.07, 6.45) is 5.07. The number of amides is 1. The Hall–Kier alpha value is -2.93. The normalized spacial score (nSPS) is 12.4. The Kier molecular flexibility index (Phi) is 4.08. The number of hydrogen-bond donors (Lipinski definition) is 1. The smallest absolute Gasteiger partial charge is 0.248 e. The van der Waals surface area contributed by atoms with E-state index < -0.39 is 0 Å². The van der Waals surface area contributed by atoms with Crippen LogP contribution in [0.4, 0.5) is 5.13 Å². The van der Waals surface area contributed by atoms with Crippen LogP contribution in [0.1, 0.15) is 18.7 Å². The van der Waals surface area contributed by atoms with Crippen molar-refractivity contribution in [3.05, 3.63) is 54.1 Å². The van der Waals surface area contributed by atoms with Crippen molar-refractivity contribution in [2.24, 2.45) is 7.05 Å². The molecule has 0 saturated carbocycles. The number of benzene rings is 1. The fraction of sp³-hybridized carbons (Fsp3) is 0.211. The number of carbonyl (C=O) groups is 1. The van der Waals surface area contributed by atoms with Gasteiger partial charge in [0.05, 0.1) is 12.0 Å². The van der Waals surface area contributed by atoms with E-state index in [1.165, 1.54) is 22.2 Å². The van der Waals surface area contributed by atoms with E-state index in [1.54, 1.807) is 23.3 Å². The van der Waals surface area contributed by atoms with E-state index in [0.717, 1.165) is 17.0 Å². The summed E-state index contributed by atoms with van der Waals surface area (Å²) in [7, 11) is 2.06. The lowest BCUT2D eigenvalue weighted by Gasteiger charge is -2.11. The summed E-state index contributed by atoms with van der Waals surface area (Å²) in [6.45, 7) is 3.93. The van der Waals surface area contributed by atoms with Crippen molar-refractivity contribution in [2.75, 3.05) is 5.32 Å². The number of aromatic nitrogens is 4. The first-order valence-electron chi connectivity index (χ1n) is 8.34. The number of carbonyl (C=O) groups excluding carboxylic acids is 1. The number of anilines is 1. The maximum absolute atomic E-state index is 12.4. The standard InChI is InChI=1S/C19H19N5OS/c1-12-17(14-6-4-5-7-16(14)23(12)3)15-10-26-19(21-15)22-18(25)13(2)24-9-8-20-11-24/h4-11,13H,1-3H3,(H,21,22,25)/t13-/m1/s1. The van der Waals surface area contributed by atoms with E-state index in [-0.39, 0.29) is 11.9 Å². The minimum atomic E-state index is -0.343. The summed E-state index contributed by atoms with van der Waals surface area (Å²) in [5.41, 5.74) is 4.32. The SMILES string of the molecule is Cc1c(-c2csc(NC(=O)[C@@H](C)n3ccnc3)n2)c2ccccc2n1C. The Labute approximate surface area is 155 Å². The molecule has 132 valence electrons. The molecule has 4 rings (SSSR count). The Morgan fingerprint density at radius 2 is 2.12 bits per heavy atom. The van der Waals surface area contributed by atoms with Gasteiger partial charge in [-0.15, -0.1) is 11.3 Å².